The molecule has 0 aliphatic rings. The molecule has 0 saturated heterocycles. The topological polar surface area (TPSA) is 55.8 Å². The Morgan fingerprint density at radius 2 is 1.68 bits per heavy atom. The van der Waals surface area contributed by atoms with Gasteiger partial charge in [-0.1, -0.05) is 23.7 Å². The summed E-state index contributed by atoms with van der Waals surface area (Å²) in [7, 11) is 2.85. The van der Waals surface area contributed by atoms with Crippen LogP contribution in [0.5, 0.6) is 11.5 Å². The second-order valence-electron chi connectivity index (χ2n) is 4.88. The molecule has 0 heterocycles. The lowest BCUT2D eigenvalue weighted by atomic mass is 9.93. The van der Waals surface area contributed by atoms with Gasteiger partial charge in [0.25, 0.3) is 0 Å². The smallest absolute Gasteiger partial charge is 0.341 e. The van der Waals surface area contributed by atoms with E-state index in [0.29, 0.717) is 27.5 Å². The van der Waals surface area contributed by atoms with Crippen molar-refractivity contribution < 1.29 is 19.4 Å². The van der Waals surface area contributed by atoms with Gasteiger partial charge < -0.3 is 14.6 Å². The number of methoxy groups -OCH3 is 2. The van der Waals surface area contributed by atoms with Crippen LogP contribution in [0.1, 0.15) is 21.5 Å². The maximum absolute atomic E-state index is 11.9. The number of esters is 1. The lowest BCUT2D eigenvalue weighted by Gasteiger charge is -2.17. The lowest BCUT2D eigenvalue weighted by Crippen LogP contribution is -2.07. The zero-order chi connectivity index (χ0) is 16.4. The van der Waals surface area contributed by atoms with E-state index in [1.165, 1.54) is 7.11 Å². The first-order valence-corrected chi connectivity index (χ1v) is 7.04. The molecule has 4 nitrogen and oxygen atoms in total. The Hall–Kier alpha value is -2.20. The van der Waals surface area contributed by atoms with Crippen molar-refractivity contribution in [1.82, 2.24) is 0 Å². The number of hydrogen-bond acceptors (Lipinski definition) is 4. The standard InChI is InChI=1S/C17H17ClO4/c1-9-13(11-5-7-12(21-3)8-6-11)16(19)14(17(20)22-4)10(2)15(9)18/h5-8,19H,1-4H3. The van der Waals surface area contributed by atoms with E-state index in [9.17, 15) is 9.90 Å². The number of ether oxygens (including phenoxy) is 2. The largest absolute Gasteiger partial charge is 0.506 e. The third-order valence-electron chi connectivity index (χ3n) is 3.65. The van der Waals surface area contributed by atoms with Crippen LogP contribution in [0.4, 0.5) is 0 Å². The predicted molar refractivity (Wildman–Crippen MR) is 85.9 cm³/mol. The lowest BCUT2D eigenvalue weighted by molar-refractivity contribution is 0.0596. The fourth-order valence-corrected chi connectivity index (χ4v) is 2.63. The molecular weight excluding hydrogens is 304 g/mol. The summed E-state index contributed by atoms with van der Waals surface area (Å²) in [5, 5.41) is 11.0. The Labute approximate surface area is 134 Å². The molecule has 22 heavy (non-hydrogen) atoms. The SMILES string of the molecule is COC(=O)c1c(C)c(Cl)c(C)c(-c2ccc(OC)cc2)c1O. The van der Waals surface area contributed by atoms with Crippen LogP contribution in [0.15, 0.2) is 24.3 Å². The van der Waals surface area contributed by atoms with Crippen LogP contribution in [-0.4, -0.2) is 25.3 Å². The number of carbonyl (C=O) groups excluding carboxylic acids is 1. The molecule has 116 valence electrons. The summed E-state index contributed by atoms with van der Waals surface area (Å²) in [4.78, 5) is 11.9. The van der Waals surface area contributed by atoms with Crippen LogP contribution in [0.25, 0.3) is 11.1 Å². The van der Waals surface area contributed by atoms with E-state index >= 15 is 0 Å². The van der Waals surface area contributed by atoms with Crippen LogP contribution in [-0.2, 0) is 4.74 Å². The van der Waals surface area contributed by atoms with Gasteiger partial charge in [-0.15, -0.1) is 0 Å². The minimum Gasteiger partial charge on any atom is -0.506 e. The van der Waals surface area contributed by atoms with Crippen molar-refractivity contribution in [2.75, 3.05) is 14.2 Å². The summed E-state index contributed by atoms with van der Waals surface area (Å²) in [6.07, 6.45) is 0. The number of benzene rings is 2. The molecule has 5 heteroatoms. The molecule has 0 fully saturated rings. The fourth-order valence-electron chi connectivity index (χ4n) is 2.44. The van der Waals surface area contributed by atoms with Crippen LogP contribution in [0.2, 0.25) is 5.02 Å². The molecule has 0 aliphatic carbocycles. The number of halogens is 1. The molecule has 0 atom stereocenters. The quantitative estimate of drug-likeness (QED) is 0.864. The zero-order valence-corrected chi connectivity index (χ0v) is 13.6. The first-order valence-electron chi connectivity index (χ1n) is 6.66. The second-order valence-corrected chi connectivity index (χ2v) is 5.26. The summed E-state index contributed by atoms with van der Waals surface area (Å²) in [6.45, 7) is 3.48. The van der Waals surface area contributed by atoms with Gasteiger partial charge in [0.05, 0.1) is 14.2 Å². The average molecular weight is 321 g/mol. The highest BCUT2D eigenvalue weighted by Crippen LogP contribution is 2.42. The number of phenolic OH excluding ortho intramolecular Hbond substituents is 1. The van der Waals surface area contributed by atoms with Crippen molar-refractivity contribution in [3.8, 4) is 22.6 Å². The first-order chi connectivity index (χ1) is 10.4. The molecule has 2 aromatic rings. The first kappa shape index (κ1) is 16.2. The van der Waals surface area contributed by atoms with Crippen LogP contribution in [0.3, 0.4) is 0 Å². The van der Waals surface area contributed by atoms with Crippen LogP contribution >= 0.6 is 11.6 Å². The third-order valence-corrected chi connectivity index (χ3v) is 4.22. The summed E-state index contributed by atoms with van der Waals surface area (Å²) in [6, 6.07) is 7.15. The molecule has 1 N–H and O–H groups in total. The van der Waals surface area contributed by atoms with Crippen molar-refractivity contribution in [2.45, 2.75) is 13.8 Å². The van der Waals surface area contributed by atoms with Crippen molar-refractivity contribution in [3.63, 3.8) is 0 Å². The molecule has 0 aromatic heterocycles. The van der Waals surface area contributed by atoms with Gasteiger partial charge in [0.15, 0.2) is 0 Å². The van der Waals surface area contributed by atoms with Gasteiger partial charge in [-0.2, -0.15) is 0 Å². The summed E-state index contributed by atoms with van der Waals surface area (Å²) >= 11 is 6.33. The molecule has 0 aliphatic heterocycles. The maximum atomic E-state index is 11.9. The Balaban J connectivity index is 2.74. The Morgan fingerprint density at radius 3 is 2.18 bits per heavy atom. The fraction of sp³-hybridized carbons (Fsp3) is 0.235. The Morgan fingerprint density at radius 1 is 1.09 bits per heavy atom. The Kier molecular flexibility index (Phi) is 4.62. The van der Waals surface area contributed by atoms with Crippen molar-refractivity contribution in [2.24, 2.45) is 0 Å². The van der Waals surface area contributed by atoms with Gasteiger partial charge in [-0.05, 0) is 42.7 Å². The molecule has 0 spiro atoms. The number of phenols is 1. The normalized spacial score (nSPS) is 10.4. The average Bonchev–Trinajstić information content (AvgIpc) is 2.53. The van der Waals surface area contributed by atoms with E-state index in [1.807, 2.05) is 0 Å². The van der Waals surface area contributed by atoms with Gasteiger partial charge >= 0.3 is 5.97 Å². The highest BCUT2D eigenvalue weighted by atomic mass is 35.5. The highest BCUT2D eigenvalue weighted by Gasteiger charge is 2.24. The molecule has 0 radical (unpaired) electrons. The van der Waals surface area contributed by atoms with Crippen molar-refractivity contribution in [3.05, 3.63) is 46.0 Å². The van der Waals surface area contributed by atoms with Crippen molar-refractivity contribution >= 4 is 17.6 Å². The van der Waals surface area contributed by atoms with Gasteiger partial charge in [0, 0.05) is 10.6 Å². The maximum Gasteiger partial charge on any atom is 0.341 e. The second kappa shape index (κ2) is 6.28. The Bertz CT molecular complexity index is 721. The number of rotatable bonds is 3. The molecular formula is C17H17ClO4. The summed E-state index contributed by atoms with van der Waals surface area (Å²) < 4.78 is 9.87. The van der Waals surface area contributed by atoms with Gasteiger partial charge in [0.1, 0.15) is 17.1 Å². The highest BCUT2D eigenvalue weighted by molar-refractivity contribution is 6.33. The van der Waals surface area contributed by atoms with E-state index in [-0.39, 0.29) is 11.3 Å². The van der Waals surface area contributed by atoms with Crippen LogP contribution in [0, 0.1) is 13.8 Å². The van der Waals surface area contributed by atoms with Gasteiger partial charge in [-0.25, -0.2) is 4.79 Å². The molecule has 0 amide bonds. The predicted octanol–water partition coefficient (Wildman–Crippen LogP) is 4.12. The minimum atomic E-state index is -0.619. The minimum absolute atomic E-state index is 0.0870. The molecule has 2 aromatic carbocycles. The molecule has 0 unspecified atom stereocenters. The number of aromatic hydroxyl groups is 1. The molecule has 2 rings (SSSR count). The van der Waals surface area contributed by atoms with E-state index in [1.54, 1.807) is 45.2 Å². The van der Waals surface area contributed by atoms with Gasteiger partial charge in [0.2, 0.25) is 0 Å². The molecule has 0 bridgehead atoms. The monoisotopic (exact) mass is 320 g/mol. The van der Waals surface area contributed by atoms with E-state index in [0.717, 1.165) is 5.56 Å². The van der Waals surface area contributed by atoms with Gasteiger partial charge in [-0.3, -0.25) is 0 Å². The number of hydrogen-bond donors (Lipinski definition) is 1. The van der Waals surface area contributed by atoms with Crippen molar-refractivity contribution in [1.29, 1.82) is 0 Å². The molecule has 0 saturated carbocycles. The third kappa shape index (κ3) is 2.62. The van der Waals surface area contributed by atoms with Crippen LogP contribution < -0.4 is 4.74 Å². The zero-order valence-electron chi connectivity index (χ0n) is 12.9. The summed E-state index contributed by atoms with van der Waals surface area (Å²) in [5.74, 6) is -0.0460. The van der Waals surface area contributed by atoms with E-state index in [4.69, 9.17) is 21.1 Å². The van der Waals surface area contributed by atoms with E-state index in [2.05, 4.69) is 0 Å². The van der Waals surface area contributed by atoms with E-state index < -0.39 is 5.97 Å². The summed E-state index contributed by atoms with van der Waals surface area (Å²) in [5.41, 5.74) is 2.54. The number of carbonyl (C=O) groups is 1.